The third-order valence-corrected chi connectivity index (χ3v) is 6.95. The number of carbonyl (C=O) groups is 2. The highest BCUT2D eigenvalue weighted by molar-refractivity contribution is 8.01. The third-order valence-electron chi connectivity index (χ3n) is 4.69. The fourth-order valence-corrected chi connectivity index (χ4v) is 5.25. The zero-order chi connectivity index (χ0) is 19.3. The molecule has 0 spiro atoms. The van der Waals surface area contributed by atoms with Crippen molar-refractivity contribution in [3.63, 3.8) is 0 Å². The highest BCUT2D eigenvalue weighted by atomic mass is 32.2. The van der Waals surface area contributed by atoms with Gasteiger partial charge >= 0.3 is 0 Å². The fraction of sp³-hybridized carbons (Fsp3) is 0.350. The number of para-hydroxylation sites is 1. The van der Waals surface area contributed by atoms with Gasteiger partial charge in [-0.15, -0.1) is 11.3 Å². The molecule has 8 heteroatoms. The summed E-state index contributed by atoms with van der Waals surface area (Å²) in [6.45, 7) is 2.25. The van der Waals surface area contributed by atoms with Gasteiger partial charge in [0, 0.05) is 38.4 Å². The molecule has 6 nitrogen and oxygen atoms in total. The van der Waals surface area contributed by atoms with E-state index >= 15 is 0 Å². The molecule has 0 aliphatic carbocycles. The summed E-state index contributed by atoms with van der Waals surface area (Å²) in [6.07, 6.45) is 2.86. The van der Waals surface area contributed by atoms with Gasteiger partial charge in [0.05, 0.1) is 16.5 Å². The predicted molar refractivity (Wildman–Crippen MR) is 111 cm³/mol. The summed E-state index contributed by atoms with van der Waals surface area (Å²) in [4.78, 5) is 32.9. The normalized spacial score (nSPS) is 14.6. The van der Waals surface area contributed by atoms with Gasteiger partial charge in [0.1, 0.15) is 0 Å². The van der Waals surface area contributed by atoms with E-state index in [-0.39, 0.29) is 11.8 Å². The molecule has 146 valence electrons. The van der Waals surface area contributed by atoms with Crippen molar-refractivity contribution in [3.8, 4) is 0 Å². The quantitative estimate of drug-likeness (QED) is 0.453. The molecule has 1 aliphatic rings. The summed E-state index contributed by atoms with van der Waals surface area (Å²) in [7, 11) is 0. The molecule has 0 atom stereocenters. The van der Waals surface area contributed by atoms with E-state index in [2.05, 4.69) is 11.1 Å². The number of carbonyl (C=O) groups excluding carboxylic acids is 2. The molecular weight excluding hydrogens is 394 g/mol. The van der Waals surface area contributed by atoms with Crippen molar-refractivity contribution in [1.82, 2.24) is 14.8 Å². The van der Waals surface area contributed by atoms with Gasteiger partial charge in [0.15, 0.2) is 10.1 Å². The molecule has 0 unspecified atom stereocenters. The van der Waals surface area contributed by atoms with Crippen LogP contribution in [-0.4, -0.2) is 58.5 Å². The topological polar surface area (TPSA) is 66.7 Å². The minimum atomic E-state index is -0.107. The molecule has 0 bridgehead atoms. The van der Waals surface area contributed by atoms with Crippen LogP contribution in [0.25, 0.3) is 10.2 Å². The Morgan fingerprint density at radius 2 is 1.86 bits per heavy atom. The molecule has 0 radical (unpaired) electrons. The van der Waals surface area contributed by atoms with Gasteiger partial charge in [0.2, 0.25) is 5.91 Å². The van der Waals surface area contributed by atoms with Gasteiger partial charge in [-0.2, -0.15) is 0 Å². The molecule has 2 amide bonds. The van der Waals surface area contributed by atoms with Gasteiger partial charge in [0.25, 0.3) is 5.91 Å². The Morgan fingerprint density at radius 1 is 1.07 bits per heavy atom. The zero-order valence-electron chi connectivity index (χ0n) is 15.4. The van der Waals surface area contributed by atoms with Crippen LogP contribution in [0.3, 0.4) is 0 Å². The number of thiazole rings is 1. The monoisotopic (exact) mass is 415 g/mol. The van der Waals surface area contributed by atoms with E-state index in [0.29, 0.717) is 38.4 Å². The Morgan fingerprint density at radius 3 is 2.61 bits per heavy atom. The number of amides is 2. The third kappa shape index (κ3) is 4.39. The van der Waals surface area contributed by atoms with Crippen LogP contribution in [0.4, 0.5) is 0 Å². The molecule has 0 N–H and O–H groups in total. The Hall–Kier alpha value is -2.32. The number of rotatable bonds is 6. The number of aromatic nitrogens is 1. The van der Waals surface area contributed by atoms with Crippen LogP contribution in [0.5, 0.6) is 0 Å². The standard InChI is InChI=1S/C20H21N3O3S2/c24-18(8-4-14-27-20-21-15-5-1-2-7-17(15)28-20)22-9-11-23(12-10-22)19(25)16-6-3-13-26-16/h1-3,5-7,13H,4,8-12,14H2. The lowest BCUT2D eigenvalue weighted by Crippen LogP contribution is -2.50. The smallest absolute Gasteiger partial charge is 0.289 e. The van der Waals surface area contributed by atoms with Crippen LogP contribution < -0.4 is 0 Å². The number of hydrogen-bond donors (Lipinski definition) is 0. The number of thioether (sulfide) groups is 1. The lowest BCUT2D eigenvalue weighted by Gasteiger charge is -2.34. The first-order valence-corrected chi connectivity index (χ1v) is 11.1. The van der Waals surface area contributed by atoms with Crippen LogP contribution in [-0.2, 0) is 4.79 Å². The molecule has 28 heavy (non-hydrogen) atoms. The first kappa shape index (κ1) is 19.0. The lowest BCUT2D eigenvalue weighted by atomic mass is 10.2. The van der Waals surface area contributed by atoms with Crippen molar-refractivity contribution in [3.05, 3.63) is 48.4 Å². The van der Waals surface area contributed by atoms with Gasteiger partial charge in [-0.25, -0.2) is 4.98 Å². The molecule has 4 rings (SSSR count). The second-order valence-electron chi connectivity index (χ2n) is 6.55. The molecule has 0 saturated carbocycles. The summed E-state index contributed by atoms with van der Waals surface area (Å²) < 4.78 is 7.42. The fourth-order valence-electron chi connectivity index (χ4n) is 3.17. The summed E-state index contributed by atoms with van der Waals surface area (Å²) in [5, 5.41) is 0. The van der Waals surface area contributed by atoms with Crippen LogP contribution in [0.15, 0.2) is 51.4 Å². The number of furan rings is 1. The molecular formula is C20H21N3O3S2. The number of benzene rings is 1. The zero-order valence-corrected chi connectivity index (χ0v) is 17.0. The van der Waals surface area contributed by atoms with E-state index in [0.717, 1.165) is 22.0 Å². The molecule has 1 saturated heterocycles. The minimum Gasteiger partial charge on any atom is -0.459 e. The lowest BCUT2D eigenvalue weighted by molar-refractivity contribution is -0.132. The van der Waals surface area contributed by atoms with Crippen molar-refractivity contribution < 1.29 is 14.0 Å². The van der Waals surface area contributed by atoms with Gasteiger partial charge in [-0.05, 0) is 30.7 Å². The Labute approximate surface area is 171 Å². The molecule has 3 heterocycles. The minimum absolute atomic E-state index is 0.107. The summed E-state index contributed by atoms with van der Waals surface area (Å²) in [6, 6.07) is 11.5. The van der Waals surface area contributed by atoms with Crippen molar-refractivity contribution in [2.75, 3.05) is 31.9 Å². The van der Waals surface area contributed by atoms with Gasteiger partial charge < -0.3 is 14.2 Å². The molecule has 2 aromatic heterocycles. The first-order chi connectivity index (χ1) is 13.7. The number of hydrogen-bond acceptors (Lipinski definition) is 6. The van der Waals surface area contributed by atoms with E-state index in [4.69, 9.17) is 4.42 Å². The highest BCUT2D eigenvalue weighted by Crippen LogP contribution is 2.29. The van der Waals surface area contributed by atoms with Crippen LogP contribution in [0.2, 0.25) is 0 Å². The van der Waals surface area contributed by atoms with E-state index in [1.807, 2.05) is 23.1 Å². The number of nitrogens with zero attached hydrogens (tertiary/aromatic N) is 3. The second-order valence-corrected chi connectivity index (χ2v) is 8.92. The summed E-state index contributed by atoms with van der Waals surface area (Å²) >= 11 is 3.41. The molecule has 1 fully saturated rings. The van der Waals surface area contributed by atoms with E-state index in [1.165, 1.54) is 11.0 Å². The highest BCUT2D eigenvalue weighted by Gasteiger charge is 2.25. The average molecular weight is 416 g/mol. The summed E-state index contributed by atoms with van der Waals surface area (Å²) in [5.74, 6) is 1.29. The first-order valence-electron chi connectivity index (χ1n) is 9.29. The second kappa shape index (κ2) is 8.79. The van der Waals surface area contributed by atoms with Gasteiger partial charge in [-0.3, -0.25) is 9.59 Å². The van der Waals surface area contributed by atoms with Crippen molar-refractivity contribution in [2.24, 2.45) is 0 Å². The molecule has 1 aliphatic heterocycles. The Balaban J connectivity index is 1.18. The van der Waals surface area contributed by atoms with E-state index < -0.39 is 0 Å². The van der Waals surface area contributed by atoms with Crippen molar-refractivity contribution in [1.29, 1.82) is 0 Å². The van der Waals surface area contributed by atoms with E-state index in [9.17, 15) is 9.59 Å². The maximum atomic E-state index is 12.4. The van der Waals surface area contributed by atoms with Crippen molar-refractivity contribution >= 4 is 45.1 Å². The maximum Gasteiger partial charge on any atom is 0.289 e. The maximum absolute atomic E-state index is 12.4. The van der Waals surface area contributed by atoms with Crippen LogP contribution in [0.1, 0.15) is 23.4 Å². The number of fused-ring (bicyclic) bond motifs is 1. The largest absolute Gasteiger partial charge is 0.459 e. The predicted octanol–water partition coefficient (Wildman–Crippen LogP) is 3.75. The van der Waals surface area contributed by atoms with E-state index in [1.54, 1.807) is 40.1 Å². The van der Waals surface area contributed by atoms with Crippen molar-refractivity contribution in [2.45, 2.75) is 17.2 Å². The molecule has 3 aromatic rings. The van der Waals surface area contributed by atoms with Crippen LogP contribution >= 0.6 is 23.1 Å². The Bertz CT molecular complexity index is 914. The average Bonchev–Trinajstić information content (AvgIpc) is 3.40. The SMILES string of the molecule is O=C(CCCSc1nc2ccccc2s1)N1CCN(C(=O)c2ccco2)CC1. The number of piperazine rings is 1. The summed E-state index contributed by atoms with van der Waals surface area (Å²) in [5.41, 5.74) is 1.04. The van der Waals surface area contributed by atoms with Crippen LogP contribution in [0, 0.1) is 0 Å². The van der Waals surface area contributed by atoms with Gasteiger partial charge in [-0.1, -0.05) is 23.9 Å². The Kier molecular flexibility index (Phi) is 5.97. The molecule has 1 aromatic carbocycles.